The summed E-state index contributed by atoms with van der Waals surface area (Å²) in [4.78, 5) is 14.5. The predicted octanol–water partition coefficient (Wildman–Crippen LogP) is 14.1. The van der Waals surface area contributed by atoms with Crippen molar-refractivity contribution in [3.8, 4) is 67.3 Å². The molecule has 11 aromatic rings. The standard InChI is InChI=1S/C51H31N3OS/c1-2-10-34(11-3-1)44-30-45(35-23-19-32(20-24-35)37-12-9-29-52-31-37)54-51(53-44)36-25-21-33(22-26-36)38-27-28-40(48-43-14-4-6-17-46(43)55-49(38)48)42-16-8-15-41-39-13-5-7-18-47(39)56-50(41)42/h1-31H. The Morgan fingerprint density at radius 1 is 0.429 bits per heavy atom. The van der Waals surface area contributed by atoms with Gasteiger partial charge in [0.2, 0.25) is 0 Å². The van der Waals surface area contributed by atoms with Crippen LogP contribution in [0.2, 0.25) is 0 Å². The number of nitrogens with zero attached hydrogens (tertiary/aromatic N) is 3. The second-order valence-corrected chi connectivity index (χ2v) is 15.0. The minimum Gasteiger partial charge on any atom is -0.455 e. The molecule has 0 bridgehead atoms. The number of rotatable bonds is 6. The molecule has 0 fully saturated rings. The first-order valence-corrected chi connectivity index (χ1v) is 19.5. The van der Waals surface area contributed by atoms with Gasteiger partial charge in [0.15, 0.2) is 5.82 Å². The summed E-state index contributed by atoms with van der Waals surface area (Å²) in [6.07, 6.45) is 3.68. The number of fused-ring (bicyclic) bond motifs is 6. The van der Waals surface area contributed by atoms with Crippen molar-refractivity contribution in [1.82, 2.24) is 15.0 Å². The minimum absolute atomic E-state index is 0.671. The first kappa shape index (κ1) is 32.2. The zero-order chi connectivity index (χ0) is 37.0. The highest BCUT2D eigenvalue weighted by molar-refractivity contribution is 7.26. The van der Waals surface area contributed by atoms with Crippen LogP contribution in [0.4, 0.5) is 0 Å². The lowest BCUT2D eigenvalue weighted by atomic mass is 9.93. The molecule has 56 heavy (non-hydrogen) atoms. The second-order valence-electron chi connectivity index (χ2n) is 14.0. The maximum atomic E-state index is 6.73. The lowest BCUT2D eigenvalue weighted by Crippen LogP contribution is -1.96. The molecule has 262 valence electrons. The molecule has 5 heteroatoms. The second kappa shape index (κ2) is 13.3. The molecule has 0 radical (unpaired) electrons. The third kappa shape index (κ3) is 5.48. The van der Waals surface area contributed by atoms with Gasteiger partial charge in [-0.3, -0.25) is 4.98 Å². The van der Waals surface area contributed by atoms with Crippen molar-refractivity contribution in [1.29, 1.82) is 0 Å². The highest BCUT2D eigenvalue weighted by Crippen LogP contribution is 2.46. The Kier molecular flexibility index (Phi) is 7.64. The summed E-state index contributed by atoms with van der Waals surface area (Å²) in [5, 5.41) is 4.82. The van der Waals surface area contributed by atoms with Gasteiger partial charge >= 0.3 is 0 Å². The van der Waals surface area contributed by atoms with Gasteiger partial charge in [-0.15, -0.1) is 11.3 Å². The highest BCUT2D eigenvalue weighted by Gasteiger charge is 2.20. The van der Waals surface area contributed by atoms with Gasteiger partial charge in [-0.05, 0) is 52.6 Å². The Hall–Kier alpha value is -7.21. The van der Waals surface area contributed by atoms with E-state index in [0.29, 0.717) is 5.82 Å². The fourth-order valence-corrected chi connectivity index (χ4v) is 9.12. The van der Waals surface area contributed by atoms with Crippen LogP contribution in [0.1, 0.15) is 0 Å². The third-order valence-corrected chi connectivity index (χ3v) is 11.9. The number of hydrogen-bond acceptors (Lipinski definition) is 5. The quantitative estimate of drug-likeness (QED) is 0.171. The van der Waals surface area contributed by atoms with Crippen LogP contribution in [0, 0.1) is 0 Å². The maximum absolute atomic E-state index is 6.73. The number of benzene rings is 7. The molecule has 0 amide bonds. The maximum Gasteiger partial charge on any atom is 0.160 e. The topological polar surface area (TPSA) is 51.8 Å². The number of aromatic nitrogens is 3. The van der Waals surface area contributed by atoms with E-state index in [1.807, 2.05) is 47.9 Å². The molecule has 4 aromatic heterocycles. The normalized spacial score (nSPS) is 11.6. The summed E-state index contributed by atoms with van der Waals surface area (Å²) in [5.74, 6) is 0.671. The van der Waals surface area contributed by atoms with Gasteiger partial charge in [-0.2, -0.15) is 0 Å². The Balaban J connectivity index is 1.02. The van der Waals surface area contributed by atoms with Gasteiger partial charge in [0.05, 0.1) is 11.4 Å². The zero-order valence-electron chi connectivity index (χ0n) is 30.1. The van der Waals surface area contributed by atoms with Crippen LogP contribution < -0.4 is 0 Å². The molecular weight excluding hydrogens is 703 g/mol. The van der Waals surface area contributed by atoms with Gasteiger partial charge in [-0.25, -0.2) is 9.97 Å². The van der Waals surface area contributed by atoms with Crippen molar-refractivity contribution >= 4 is 53.4 Å². The molecule has 4 nitrogen and oxygen atoms in total. The summed E-state index contributed by atoms with van der Waals surface area (Å²) in [6, 6.07) is 61.6. The van der Waals surface area contributed by atoms with Crippen molar-refractivity contribution in [2.24, 2.45) is 0 Å². The first-order valence-electron chi connectivity index (χ1n) is 18.7. The largest absolute Gasteiger partial charge is 0.455 e. The van der Waals surface area contributed by atoms with Gasteiger partial charge < -0.3 is 4.42 Å². The molecule has 11 rings (SSSR count). The van der Waals surface area contributed by atoms with Gasteiger partial charge in [0.25, 0.3) is 0 Å². The molecular formula is C51H31N3OS. The van der Waals surface area contributed by atoms with Gasteiger partial charge in [-0.1, -0.05) is 146 Å². The zero-order valence-corrected chi connectivity index (χ0v) is 30.9. The molecule has 0 aliphatic carbocycles. The Morgan fingerprint density at radius 3 is 1.88 bits per heavy atom. The SMILES string of the molecule is c1ccc(-c2cc(-c3ccc(-c4cccnc4)cc3)nc(-c3ccc(-c4ccc(-c5cccc6c5sc5ccccc56)c5c4oc4ccccc45)cc3)n2)cc1. The molecule has 0 spiro atoms. The Morgan fingerprint density at radius 2 is 1.07 bits per heavy atom. The summed E-state index contributed by atoms with van der Waals surface area (Å²) in [5.41, 5.74) is 13.2. The molecule has 0 atom stereocenters. The van der Waals surface area contributed by atoms with Crippen LogP contribution >= 0.6 is 11.3 Å². The van der Waals surface area contributed by atoms with Crippen molar-refractivity contribution in [3.63, 3.8) is 0 Å². The van der Waals surface area contributed by atoms with E-state index in [-0.39, 0.29) is 0 Å². The van der Waals surface area contributed by atoms with E-state index >= 15 is 0 Å². The lowest BCUT2D eigenvalue weighted by Gasteiger charge is -2.11. The number of furan rings is 1. The number of para-hydroxylation sites is 1. The number of hydrogen-bond donors (Lipinski definition) is 0. The van der Waals surface area contributed by atoms with Crippen LogP contribution in [0.3, 0.4) is 0 Å². The van der Waals surface area contributed by atoms with Gasteiger partial charge in [0, 0.05) is 71.2 Å². The number of pyridine rings is 1. The molecule has 0 saturated heterocycles. The van der Waals surface area contributed by atoms with Crippen molar-refractivity contribution < 1.29 is 4.42 Å². The molecule has 0 aliphatic rings. The van der Waals surface area contributed by atoms with Crippen LogP contribution in [-0.2, 0) is 0 Å². The number of thiophene rings is 1. The summed E-state index contributed by atoms with van der Waals surface area (Å²) >= 11 is 1.85. The highest BCUT2D eigenvalue weighted by atomic mass is 32.1. The van der Waals surface area contributed by atoms with E-state index in [1.165, 1.54) is 31.3 Å². The van der Waals surface area contributed by atoms with E-state index < -0.39 is 0 Å². The third-order valence-electron chi connectivity index (χ3n) is 10.6. The molecule has 4 heterocycles. The van der Waals surface area contributed by atoms with Crippen molar-refractivity contribution in [2.75, 3.05) is 0 Å². The fourth-order valence-electron chi connectivity index (χ4n) is 7.89. The summed E-state index contributed by atoms with van der Waals surface area (Å²) in [7, 11) is 0. The van der Waals surface area contributed by atoms with E-state index in [9.17, 15) is 0 Å². The van der Waals surface area contributed by atoms with Crippen LogP contribution in [0.5, 0.6) is 0 Å². The molecule has 0 aliphatic heterocycles. The van der Waals surface area contributed by atoms with Crippen LogP contribution in [0.15, 0.2) is 193 Å². The smallest absolute Gasteiger partial charge is 0.160 e. The molecule has 0 unspecified atom stereocenters. The van der Waals surface area contributed by atoms with E-state index in [1.54, 1.807) is 6.20 Å². The van der Waals surface area contributed by atoms with E-state index in [0.717, 1.165) is 72.3 Å². The first-order chi connectivity index (χ1) is 27.7. The van der Waals surface area contributed by atoms with Crippen molar-refractivity contribution in [2.45, 2.75) is 0 Å². The average Bonchev–Trinajstić information content (AvgIpc) is 3.86. The Labute approximate surface area is 327 Å². The fraction of sp³-hybridized carbons (Fsp3) is 0. The van der Waals surface area contributed by atoms with Gasteiger partial charge in [0.1, 0.15) is 11.2 Å². The van der Waals surface area contributed by atoms with Crippen molar-refractivity contribution in [3.05, 3.63) is 188 Å². The molecule has 0 saturated carbocycles. The molecule has 7 aromatic carbocycles. The monoisotopic (exact) mass is 733 g/mol. The average molecular weight is 734 g/mol. The Bertz CT molecular complexity index is 3220. The lowest BCUT2D eigenvalue weighted by molar-refractivity contribution is 0.670. The van der Waals surface area contributed by atoms with Crippen LogP contribution in [0.25, 0.3) is 109 Å². The summed E-state index contributed by atoms with van der Waals surface area (Å²) in [6.45, 7) is 0. The van der Waals surface area contributed by atoms with E-state index in [2.05, 4.69) is 151 Å². The molecule has 0 N–H and O–H groups in total. The summed E-state index contributed by atoms with van der Waals surface area (Å²) < 4.78 is 9.31. The minimum atomic E-state index is 0.671. The van der Waals surface area contributed by atoms with Crippen LogP contribution in [-0.4, -0.2) is 15.0 Å². The van der Waals surface area contributed by atoms with E-state index in [4.69, 9.17) is 14.4 Å². The predicted molar refractivity (Wildman–Crippen MR) is 233 cm³/mol.